The molecule has 0 aliphatic carbocycles. The van der Waals surface area contributed by atoms with Crippen LogP contribution in [0.2, 0.25) is 10.0 Å². The average Bonchev–Trinajstić information content (AvgIpc) is 3.15. The summed E-state index contributed by atoms with van der Waals surface area (Å²) < 4.78 is 10.8. The predicted octanol–water partition coefficient (Wildman–Crippen LogP) is 6.43. The molecule has 0 aliphatic rings. The molecule has 0 unspecified atom stereocenters. The van der Waals surface area contributed by atoms with Crippen molar-refractivity contribution in [3.05, 3.63) is 58.2 Å². The second-order valence-electron chi connectivity index (χ2n) is 5.87. The molecule has 0 fully saturated rings. The first kappa shape index (κ1) is 18.8. The van der Waals surface area contributed by atoms with E-state index in [0.717, 1.165) is 21.3 Å². The molecule has 2 aromatic heterocycles. The Morgan fingerprint density at radius 1 is 0.964 bits per heavy atom. The maximum atomic E-state index is 6.31. The molecule has 0 atom stereocenters. The van der Waals surface area contributed by atoms with E-state index in [2.05, 4.69) is 15.3 Å². The zero-order valence-corrected chi connectivity index (χ0v) is 17.3. The van der Waals surface area contributed by atoms with Gasteiger partial charge in [-0.2, -0.15) is 0 Å². The van der Waals surface area contributed by atoms with Crippen LogP contribution in [-0.2, 0) is 0 Å². The molecule has 0 bridgehead atoms. The fourth-order valence-corrected chi connectivity index (χ4v) is 4.16. The molecule has 0 radical (unpaired) electrons. The largest absolute Gasteiger partial charge is 0.493 e. The summed E-state index contributed by atoms with van der Waals surface area (Å²) in [4.78, 5) is 9.69. The summed E-state index contributed by atoms with van der Waals surface area (Å²) in [6.45, 7) is 0. The molecule has 0 saturated carbocycles. The number of ether oxygens (including phenoxy) is 2. The Bertz CT molecular complexity index is 1160. The van der Waals surface area contributed by atoms with Crippen LogP contribution >= 0.6 is 34.5 Å². The van der Waals surface area contributed by atoms with Crippen molar-refractivity contribution in [1.29, 1.82) is 0 Å². The van der Waals surface area contributed by atoms with Crippen LogP contribution in [0, 0.1) is 0 Å². The van der Waals surface area contributed by atoms with E-state index in [4.69, 9.17) is 32.7 Å². The molecule has 4 aromatic rings. The van der Waals surface area contributed by atoms with Crippen LogP contribution in [-0.4, -0.2) is 24.2 Å². The Kier molecular flexibility index (Phi) is 5.26. The monoisotopic (exact) mass is 431 g/mol. The Morgan fingerprint density at radius 2 is 1.79 bits per heavy atom. The molecule has 0 saturated heterocycles. The minimum Gasteiger partial charge on any atom is -0.493 e. The molecule has 5 nitrogen and oxygen atoms in total. The van der Waals surface area contributed by atoms with E-state index >= 15 is 0 Å². The number of hydrogen-bond acceptors (Lipinski definition) is 6. The van der Waals surface area contributed by atoms with E-state index in [1.54, 1.807) is 43.8 Å². The highest BCUT2D eigenvalue weighted by molar-refractivity contribution is 7.17. The number of thiophene rings is 1. The van der Waals surface area contributed by atoms with Gasteiger partial charge in [0.25, 0.3) is 0 Å². The Balaban J connectivity index is 1.85. The van der Waals surface area contributed by atoms with Crippen molar-refractivity contribution in [1.82, 2.24) is 9.97 Å². The highest BCUT2D eigenvalue weighted by atomic mass is 35.5. The first-order valence-corrected chi connectivity index (χ1v) is 9.91. The summed E-state index contributed by atoms with van der Waals surface area (Å²) in [6.07, 6.45) is 1.53. The summed E-state index contributed by atoms with van der Waals surface area (Å²) in [7, 11) is 3.23. The van der Waals surface area contributed by atoms with Crippen molar-refractivity contribution in [2.75, 3.05) is 19.5 Å². The number of methoxy groups -OCH3 is 2. The van der Waals surface area contributed by atoms with Gasteiger partial charge in [-0.15, -0.1) is 11.3 Å². The van der Waals surface area contributed by atoms with Crippen LogP contribution in [0.1, 0.15) is 0 Å². The van der Waals surface area contributed by atoms with Gasteiger partial charge in [-0.05, 0) is 35.9 Å². The van der Waals surface area contributed by atoms with Gasteiger partial charge in [0.2, 0.25) is 0 Å². The molecule has 142 valence electrons. The van der Waals surface area contributed by atoms with Crippen molar-refractivity contribution < 1.29 is 9.47 Å². The number of fused-ring (bicyclic) bond motifs is 1. The van der Waals surface area contributed by atoms with Crippen LogP contribution in [0.3, 0.4) is 0 Å². The van der Waals surface area contributed by atoms with Gasteiger partial charge in [0.05, 0.1) is 30.3 Å². The normalized spacial score (nSPS) is 10.9. The van der Waals surface area contributed by atoms with Gasteiger partial charge >= 0.3 is 0 Å². The van der Waals surface area contributed by atoms with Crippen molar-refractivity contribution in [2.24, 2.45) is 0 Å². The predicted molar refractivity (Wildman–Crippen MR) is 116 cm³/mol. The van der Waals surface area contributed by atoms with Crippen molar-refractivity contribution in [2.45, 2.75) is 0 Å². The summed E-state index contributed by atoms with van der Waals surface area (Å²) in [5, 5.41) is 7.37. The number of nitrogens with one attached hydrogen (secondary N) is 1. The fraction of sp³-hybridized carbons (Fsp3) is 0.100. The standard InChI is InChI=1S/C20H15Cl2N3O2S/c1-26-16-6-3-11(7-17(16)27-2)13-9-28-20-18(13)19(23-10-24-20)25-15-8-12(21)4-5-14(15)22/h3-10H,1-2H3,(H,23,24,25). The lowest BCUT2D eigenvalue weighted by Gasteiger charge is -2.12. The number of aromatic nitrogens is 2. The third-order valence-electron chi connectivity index (χ3n) is 4.25. The van der Waals surface area contributed by atoms with Gasteiger partial charge in [0.15, 0.2) is 11.5 Å². The van der Waals surface area contributed by atoms with Crippen LogP contribution in [0.25, 0.3) is 21.3 Å². The highest BCUT2D eigenvalue weighted by Crippen LogP contribution is 2.41. The first-order valence-electron chi connectivity index (χ1n) is 8.27. The van der Waals surface area contributed by atoms with E-state index in [0.29, 0.717) is 33.0 Å². The molecule has 0 aliphatic heterocycles. The summed E-state index contributed by atoms with van der Waals surface area (Å²) in [6, 6.07) is 11.0. The van der Waals surface area contributed by atoms with Crippen LogP contribution in [0.4, 0.5) is 11.5 Å². The smallest absolute Gasteiger partial charge is 0.161 e. The SMILES string of the molecule is COc1ccc(-c2csc3ncnc(Nc4cc(Cl)ccc4Cl)c23)cc1OC. The second kappa shape index (κ2) is 7.83. The summed E-state index contributed by atoms with van der Waals surface area (Å²) in [5.74, 6) is 1.98. The van der Waals surface area contributed by atoms with E-state index in [9.17, 15) is 0 Å². The molecule has 2 heterocycles. The van der Waals surface area contributed by atoms with E-state index in [1.165, 1.54) is 6.33 Å². The van der Waals surface area contributed by atoms with Crippen molar-refractivity contribution >= 4 is 56.3 Å². The number of hydrogen-bond donors (Lipinski definition) is 1. The maximum Gasteiger partial charge on any atom is 0.161 e. The van der Waals surface area contributed by atoms with E-state index in [1.807, 2.05) is 23.6 Å². The van der Waals surface area contributed by atoms with Gasteiger partial charge in [-0.1, -0.05) is 29.3 Å². The molecule has 0 spiro atoms. The zero-order valence-electron chi connectivity index (χ0n) is 15.0. The Hall–Kier alpha value is -2.54. The summed E-state index contributed by atoms with van der Waals surface area (Å²) >= 11 is 14.0. The maximum absolute atomic E-state index is 6.31. The Morgan fingerprint density at radius 3 is 2.57 bits per heavy atom. The summed E-state index contributed by atoms with van der Waals surface area (Å²) in [5.41, 5.74) is 2.64. The van der Waals surface area contributed by atoms with Crippen LogP contribution in [0.15, 0.2) is 48.1 Å². The van der Waals surface area contributed by atoms with Gasteiger partial charge in [-0.25, -0.2) is 9.97 Å². The van der Waals surface area contributed by atoms with Gasteiger partial charge < -0.3 is 14.8 Å². The van der Waals surface area contributed by atoms with E-state index in [-0.39, 0.29) is 0 Å². The number of halogens is 2. The molecular weight excluding hydrogens is 417 g/mol. The second-order valence-corrected chi connectivity index (χ2v) is 7.57. The quantitative estimate of drug-likeness (QED) is 0.394. The molecule has 8 heteroatoms. The molecule has 28 heavy (non-hydrogen) atoms. The van der Waals surface area contributed by atoms with Crippen molar-refractivity contribution in [3.8, 4) is 22.6 Å². The van der Waals surface area contributed by atoms with E-state index < -0.39 is 0 Å². The lowest BCUT2D eigenvalue weighted by molar-refractivity contribution is 0.355. The van der Waals surface area contributed by atoms with Gasteiger partial charge in [-0.3, -0.25) is 0 Å². The Labute approximate surface area is 175 Å². The topological polar surface area (TPSA) is 56.3 Å². The van der Waals surface area contributed by atoms with Crippen LogP contribution in [0.5, 0.6) is 11.5 Å². The number of anilines is 2. The fourth-order valence-electron chi connectivity index (χ4n) is 2.91. The molecule has 4 rings (SSSR count). The highest BCUT2D eigenvalue weighted by Gasteiger charge is 2.16. The minimum atomic E-state index is 0.555. The molecule has 1 N–H and O–H groups in total. The minimum absolute atomic E-state index is 0.555. The molecular formula is C20H15Cl2N3O2S. The van der Waals surface area contributed by atoms with Crippen LogP contribution < -0.4 is 14.8 Å². The average molecular weight is 432 g/mol. The van der Waals surface area contributed by atoms with Gasteiger partial charge in [0.1, 0.15) is 17.0 Å². The number of nitrogens with zero attached hydrogens (tertiary/aromatic N) is 2. The number of rotatable bonds is 5. The lowest BCUT2D eigenvalue weighted by Crippen LogP contribution is -1.96. The molecule has 0 amide bonds. The molecule has 2 aromatic carbocycles. The lowest BCUT2D eigenvalue weighted by atomic mass is 10.1. The van der Waals surface area contributed by atoms with Gasteiger partial charge in [0, 0.05) is 16.0 Å². The number of benzene rings is 2. The third-order valence-corrected chi connectivity index (χ3v) is 5.70. The first-order chi connectivity index (χ1) is 13.6. The third kappa shape index (κ3) is 3.46. The van der Waals surface area contributed by atoms with Crippen molar-refractivity contribution in [3.63, 3.8) is 0 Å². The zero-order chi connectivity index (χ0) is 19.7.